The third-order valence-electron chi connectivity index (χ3n) is 5.26. The van der Waals surface area contributed by atoms with Crippen LogP contribution in [0, 0.1) is 0 Å². The Morgan fingerprint density at radius 1 is 1.06 bits per heavy atom. The highest BCUT2D eigenvalue weighted by Gasteiger charge is 2.31. The van der Waals surface area contributed by atoms with Crippen LogP contribution in [0.25, 0.3) is 0 Å². The van der Waals surface area contributed by atoms with Crippen molar-refractivity contribution >= 4 is 27.6 Å². The fraction of sp³-hybridized carbons (Fsp3) is 0.417. The number of rotatable bonds is 8. The molecule has 2 aromatic rings. The second-order valence-corrected chi connectivity index (χ2v) is 10.8. The van der Waals surface area contributed by atoms with E-state index in [9.17, 15) is 18.0 Å². The monoisotopic (exact) mass is 474 g/mol. The molecule has 0 radical (unpaired) electrons. The maximum Gasteiger partial charge on any atom is 0.338 e. The molecule has 1 saturated carbocycles. The van der Waals surface area contributed by atoms with Gasteiger partial charge < -0.3 is 14.8 Å². The summed E-state index contributed by atoms with van der Waals surface area (Å²) in [5.74, 6) is -1.20. The number of ether oxygens (including phenoxy) is 2. The van der Waals surface area contributed by atoms with Gasteiger partial charge in [-0.2, -0.15) is 0 Å². The topological polar surface area (TPSA) is 111 Å². The quantitative estimate of drug-likeness (QED) is 0.566. The molecule has 1 fully saturated rings. The summed E-state index contributed by atoms with van der Waals surface area (Å²) in [4.78, 5) is 25.0. The molecule has 2 aromatic carbocycles. The van der Waals surface area contributed by atoms with Crippen LogP contribution in [0.15, 0.2) is 47.4 Å². The van der Waals surface area contributed by atoms with Crippen LogP contribution >= 0.6 is 0 Å². The molecule has 0 heterocycles. The van der Waals surface area contributed by atoms with E-state index in [4.69, 9.17) is 9.47 Å². The Hall–Kier alpha value is -2.91. The van der Waals surface area contributed by atoms with Gasteiger partial charge in [0.15, 0.2) is 6.10 Å². The van der Waals surface area contributed by atoms with E-state index in [0.717, 1.165) is 18.4 Å². The number of hydrogen-bond acceptors (Lipinski definition) is 6. The Kier molecular flexibility index (Phi) is 7.14. The van der Waals surface area contributed by atoms with Crippen LogP contribution in [0.3, 0.4) is 0 Å². The molecule has 1 aliphatic carbocycles. The van der Waals surface area contributed by atoms with Gasteiger partial charge in [0.25, 0.3) is 5.91 Å². The molecule has 0 aromatic heterocycles. The van der Waals surface area contributed by atoms with Crippen LogP contribution in [-0.4, -0.2) is 39.5 Å². The molecular formula is C24H30N2O6S. The lowest BCUT2D eigenvalue weighted by molar-refractivity contribution is -0.123. The third kappa shape index (κ3) is 6.33. The van der Waals surface area contributed by atoms with Crippen molar-refractivity contribution in [1.29, 1.82) is 0 Å². The fourth-order valence-electron chi connectivity index (χ4n) is 3.08. The van der Waals surface area contributed by atoms with Crippen LogP contribution in [-0.2, 0) is 25.0 Å². The Labute approximate surface area is 194 Å². The van der Waals surface area contributed by atoms with Crippen molar-refractivity contribution in [3.8, 4) is 5.75 Å². The van der Waals surface area contributed by atoms with Crippen molar-refractivity contribution in [3.63, 3.8) is 0 Å². The van der Waals surface area contributed by atoms with Gasteiger partial charge in [0, 0.05) is 11.7 Å². The first kappa shape index (κ1) is 24.7. The van der Waals surface area contributed by atoms with Crippen molar-refractivity contribution in [3.05, 3.63) is 53.6 Å². The molecule has 1 unspecified atom stereocenters. The predicted molar refractivity (Wildman–Crippen MR) is 125 cm³/mol. The van der Waals surface area contributed by atoms with Crippen LogP contribution in [0.2, 0.25) is 0 Å². The minimum absolute atomic E-state index is 0.00107. The van der Waals surface area contributed by atoms with Gasteiger partial charge in [0.1, 0.15) is 10.6 Å². The molecule has 1 atom stereocenters. The number of nitrogens with one attached hydrogen (secondary N) is 2. The second-order valence-electron chi connectivity index (χ2n) is 9.13. The third-order valence-corrected chi connectivity index (χ3v) is 6.80. The van der Waals surface area contributed by atoms with Gasteiger partial charge >= 0.3 is 5.97 Å². The largest absolute Gasteiger partial charge is 0.495 e. The maximum absolute atomic E-state index is 12.6. The number of methoxy groups -OCH3 is 1. The number of amides is 1. The van der Waals surface area contributed by atoms with Gasteiger partial charge in [0.2, 0.25) is 10.0 Å². The Balaban J connectivity index is 1.68. The molecule has 0 spiro atoms. The van der Waals surface area contributed by atoms with Gasteiger partial charge in [-0.1, -0.05) is 32.9 Å². The molecule has 1 aliphatic rings. The minimum atomic E-state index is -3.86. The first-order chi connectivity index (χ1) is 15.4. The first-order valence-electron chi connectivity index (χ1n) is 10.7. The average molecular weight is 475 g/mol. The summed E-state index contributed by atoms with van der Waals surface area (Å²) in [5.41, 5.74) is 1.70. The van der Waals surface area contributed by atoms with Crippen molar-refractivity contribution in [1.82, 2.24) is 4.72 Å². The molecule has 0 saturated heterocycles. The zero-order chi connectivity index (χ0) is 24.4. The summed E-state index contributed by atoms with van der Waals surface area (Å²) in [6.45, 7) is 7.74. The Morgan fingerprint density at radius 2 is 1.70 bits per heavy atom. The van der Waals surface area contributed by atoms with E-state index in [1.165, 1.54) is 32.2 Å². The lowest BCUT2D eigenvalue weighted by Gasteiger charge is -2.19. The van der Waals surface area contributed by atoms with Gasteiger partial charge in [-0.3, -0.25) is 4.79 Å². The smallest absolute Gasteiger partial charge is 0.338 e. The summed E-state index contributed by atoms with van der Waals surface area (Å²) >= 11 is 0. The number of esters is 1. The first-order valence-corrected chi connectivity index (χ1v) is 12.2. The second kappa shape index (κ2) is 9.52. The minimum Gasteiger partial charge on any atom is -0.495 e. The van der Waals surface area contributed by atoms with Crippen molar-refractivity contribution < 1.29 is 27.5 Å². The van der Waals surface area contributed by atoms with E-state index in [-0.39, 0.29) is 27.7 Å². The number of anilines is 1. The molecule has 178 valence electrons. The molecule has 9 heteroatoms. The van der Waals surface area contributed by atoms with Gasteiger partial charge in [0.05, 0.1) is 12.7 Å². The molecule has 33 heavy (non-hydrogen) atoms. The van der Waals surface area contributed by atoms with Crippen molar-refractivity contribution in [2.45, 2.75) is 63.0 Å². The number of benzene rings is 2. The number of carbonyl (C=O) groups excluding carboxylic acids is 2. The predicted octanol–water partition coefficient (Wildman–Crippen LogP) is 3.62. The van der Waals surface area contributed by atoms with Crippen LogP contribution in [0.4, 0.5) is 5.69 Å². The van der Waals surface area contributed by atoms with E-state index >= 15 is 0 Å². The van der Waals surface area contributed by atoms with Gasteiger partial charge in [-0.25, -0.2) is 17.9 Å². The summed E-state index contributed by atoms with van der Waals surface area (Å²) < 4.78 is 38.3. The average Bonchev–Trinajstić information content (AvgIpc) is 3.56. The summed E-state index contributed by atoms with van der Waals surface area (Å²) in [5, 5.41) is 2.72. The van der Waals surface area contributed by atoms with Gasteiger partial charge in [-0.15, -0.1) is 0 Å². The van der Waals surface area contributed by atoms with Crippen LogP contribution in [0.5, 0.6) is 5.75 Å². The molecule has 2 N–H and O–H groups in total. The lowest BCUT2D eigenvalue weighted by atomic mass is 9.87. The Bertz CT molecular complexity index is 1130. The SMILES string of the molecule is COc1ccc(C(=O)OC(C)C(=O)Nc2ccc(C(C)(C)C)cc2)cc1S(=O)(=O)NC1CC1. The number of carbonyl (C=O) groups is 2. The van der Waals surface area contributed by atoms with Crippen LogP contribution < -0.4 is 14.8 Å². The van der Waals surface area contributed by atoms with E-state index < -0.39 is 28.0 Å². The molecular weight excluding hydrogens is 444 g/mol. The zero-order valence-corrected chi connectivity index (χ0v) is 20.3. The van der Waals surface area contributed by atoms with E-state index in [2.05, 4.69) is 30.8 Å². The standard InChI is InChI=1S/C24H30N2O6S/c1-15(22(27)25-18-9-7-17(8-10-18)24(2,3)4)32-23(28)16-6-13-20(31-5)21(14-16)33(29,30)26-19-11-12-19/h6-10,13-15,19,26H,11-12H2,1-5H3,(H,25,27). The Morgan fingerprint density at radius 3 is 2.24 bits per heavy atom. The summed E-state index contributed by atoms with van der Waals surface area (Å²) in [6.07, 6.45) is 0.454. The summed E-state index contributed by atoms with van der Waals surface area (Å²) in [6, 6.07) is 11.3. The highest BCUT2D eigenvalue weighted by molar-refractivity contribution is 7.89. The van der Waals surface area contributed by atoms with Gasteiger partial charge in [-0.05, 0) is 61.1 Å². The normalized spacial score (nSPS) is 14.9. The molecule has 0 aliphatic heterocycles. The van der Waals surface area contributed by atoms with Crippen LogP contribution in [0.1, 0.15) is 56.5 Å². The van der Waals surface area contributed by atoms with E-state index in [0.29, 0.717) is 5.69 Å². The number of hydrogen-bond donors (Lipinski definition) is 2. The highest BCUT2D eigenvalue weighted by atomic mass is 32.2. The number of sulfonamides is 1. The lowest BCUT2D eigenvalue weighted by Crippen LogP contribution is -2.30. The van der Waals surface area contributed by atoms with E-state index in [1.807, 2.05) is 12.1 Å². The zero-order valence-electron chi connectivity index (χ0n) is 19.5. The van der Waals surface area contributed by atoms with Crippen molar-refractivity contribution in [2.75, 3.05) is 12.4 Å². The summed E-state index contributed by atoms with van der Waals surface area (Å²) in [7, 11) is -2.51. The molecule has 8 nitrogen and oxygen atoms in total. The van der Waals surface area contributed by atoms with E-state index in [1.54, 1.807) is 12.1 Å². The molecule has 3 rings (SSSR count). The highest BCUT2D eigenvalue weighted by Crippen LogP contribution is 2.29. The van der Waals surface area contributed by atoms with Crippen molar-refractivity contribution in [2.24, 2.45) is 0 Å². The maximum atomic E-state index is 12.6. The molecule has 1 amide bonds. The molecule has 0 bridgehead atoms. The fourth-order valence-corrected chi connectivity index (χ4v) is 4.58.